The molecular weight excluding hydrogens is 220 g/mol. The molecule has 1 aliphatic heterocycles. The van der Waals surface area contributed by atoms with E-state index in [1.54, 1.807) is 0 Å². The first-order chi connectivity index (χ1) is 7.81. The maximum atomic E-state index is 6.22. The van der Waals surface area contributed by atoms with Crippen LogP contribution in [-0.4, -0.2) is 24.5 Å². The van der Waals surface area contributed by atoms with Crippen molar-refractivity contribution in [2.45, 2.75) is 25.8 Å². The Hall–Kier alpha value is -0.570. The molecule has 2 nitrogen and oxygen atoms in total. The summed E-state index contributed by atoms with van der Waals surface area (Å²) in [5.74, 6) is 0. The monoisotopic (exact) mass is 238 g/mol. The highest BCUT2D eigenvalue weighted by molar-refractivity contribution is 6.31. The van der Waals surface area contributed by atoms with Gasteiger partial charge in [-0.1, -0.05) is 23.7 Å². The standard InChI is InChI=1S/C13H19ClN2/c14-13-5-3-4-11(10-15)12(13)6-9-16-7-1-2-8-16/h3-5H,1-2,6-10,15H2. The summed E-state index contributed by atoms with van der Waals surface area (Å²) in [4.78, 5) is 2.50. The van der Waals surface area contributed by atoms with Crippen molar-refractivity contribution >= 4 is 11.6 Å². The molecule has 3 heteroatoms. The summed E-state index contributed by atoms with van der Waals surface area (Å²) >= 11 is 6.22. The number of hydrogen-bond acceptors (Lipinski definition) is 2. The number of halogens is 1. The van der Waals surface area contributed by atoms with Gasteiger partial charge in [0.2, 0.25) is 0 Å². The highest BCUT2D eigenvalue weighted by atomic mass is 35.5. The molecule has 0 spiro atoms. The van der Waals surface area contributed by atoms with E-state index in [1.807, 2.05) is 12.1 Å². The molecule has 0 aromatic heterocycles. The van der Waals surface area contributed by atoms with Crippen molar-refractivity contribution < 1.29 is 0 Å². The Morgan fingerprint density at radius 3 is 2.69 bits per heavy atom. The number of hydrogen-bond donors (Lipinski definition) is 1. The summed E-state index contributed by atoms with van der Waals surface area (Å²) in [5.41, 5.74) is 8.15. The van der Waals surface area contributed by atoms with Crippen molar-refractivity contribution in [3.05, 3.63) is 34.3 Å². The van der Waals surface area contributed by atoms with Crippen LogP contribution in [0.15, 0.2) is 18.2 Å². The van der Waals surface area contributed by atoms with E-state index < -0.39 is 0 Å². The van der Waals surface area contributed by atoms with Crippen molar-refractivity contribution in [1.82, 2.24) is 4.90 Å². The van der Waals surface area contributed by atoms with E-state index in [4.69, 9.17) is 17.3 Å². The van der Waals surface area contributed by atoms with Crippen LogP contribution in [0, 0.1) is 0 Å². The Labute approximate surface area is 102 Å². The predicted molar refractivity (Wildman–Crippen MR) is 68.7 cm³/mol. The molecule has 0 amide bonds. The van der Waals surface area contributed by atoms with Crippen LogP contribution in [0.2, 0.25) is 5.02 Å². The van der Waals surface area contributed by atoms with Crippen LogP contribution in [0.4, 0.5) is 0 Å². The van der Waals surface area contributed by atoms with E-state index >= 15 is 0 Å². The van der Waals surface area contributed by atoms with Crippen molar-refractivity contribution in [3.8, 4) is 0 Å². The minimum atomic E-state index is 0.579. The van der Waals surface area contributed by atoms with Crippen molar-refractivity contribution in [1.29, 1.82) is 0 Å². The summed E-state index contributed by atoms with van der Waals surface area (Å²) in [5, 5.41) is 0.863. The van der Waals surface area contributed by atoms with Gasteiger partial charge in [-0.05, 0) is 49.5 Å². The van der Waals surface area contributed by atoms with Gasteiger partial charge in [-0.2, -0.15) is 0 Å². The average molecular weight is 239 g/mol. The lowest BCUT2D eigenvalue weighted by atomic mass is 10.0. The van der Waals surface area contributed by atoms with Crippen LogP contribution in [0.5, 0.6) is 0 Å². The molecule has 16 heavy (non-hydrogen) atoms. The number of nitrogens with two attached hydrogens (primary N) is 1. The SMILES string of the molecule is NCc1cccc(Cl)c1CCN1CCCC1. The number of likely N-dealkylation sites (tertiary alicyclic amines) is 1. The van der Waals surface area contributed by atoms with Gasteiger partial charge in [0.15, 0.2) is 0 Å². The lowest BCUT2D eigenvalue weighted by Crippen LogP contribution is -2.22. The summed E-state index contributed by atoms with van der Waals surface area (Å²) in [6.45, 7) is 4.16. The lowest BCUT2D eigenvalue weighted by Gasteiger charge is -2.16. The zero-order valence-corrected chi connectivity index (χ0v) is 10.3. The molecule has 1 heterocycles. The molecule has 0 bridgehead atoms. The normalized spacial score (nSPS) is 16.9. The average Bonchev–Trinajstić information content (AvgIpc) is 2.80. The van der Waals surface area contributed by atoms with Crippen molar-refractivity contribution in [2.75, 3.05) is 19.6 Å². The van der Waals surface area contributed by atoms with Crippen molar-refractivity contribution in [2.24, 2.45) is 5.73 Å². The molecule has 0 unspecified atom stereocenters. The fourth-order valence-electron chi connectivity index (χ4n) is 2.35. The molecule has 1 aromatic rings. The van der Waals surface area contributed by atoms with Crippen molar-refractivity contribution in [3.63, 3.8) is 0 Å². The van der Waals surface area contributed by atoms with Crippen LogP contribution in [0.25, 0.3) is 0 Å². The third-order valence-electron chi connectivity index (χ3n) is 3.31. The van der Waals surface area contributed by atoms with Gasteiger partial charge in [-0.3, -0.25) is 0 Å². The fraction of sp³-hybridized carbons (Fsp3) is 0.538. The van der Waals surface area contributed by atoms with E-state index in [-0.39, 0.29) is 0 Å². The smallest absolute Gasteiger partial charge is 0.0441 e. The summed E-state index contributed by atoms with van der Waals surface area (Å²) in [6, 6.07) is 6.01. The second-order valence-electron chi connectivity index (χ2n) is 4.38. The summed E-state index contributed by atoms with van der Waals surface area (Å²) in [7, 11) is 0. The van der Waals surface area contributed by atoms with Gasteiger partial charge in [-0.25, -0.2) is 0 Å². The van der Waals surface area contributed by atoms with Crippen LogP contribution in [0.1, 0.15) is 24.0 Å². The fourth-order valence-corrected chi connectivity index (χ4v) is 2.64. The van der Waals surface area contributed by atoms with Crippen LogP contribution < -0.4 is 5.73 Å². The molecule has 88 valence electrons. The highest BCUT2D eigenvalue weighted by Gasteiger charge is 2.13. The largest absolute Gasteiger partial charge is 0.326 e. The van der Waals surface area contributed by atoms with E-state index in [0.29, 0.717) is 6.54 Å². The Morgan fingerprint density at radius 1 is 1.25 bits per heavy atom. The second kappa shape index (κ2) is 5.67. The van der Waals surface area contributed by atoms with Gasteiger partial charge < -0.3 is 10.6 Å². The van der Waals surface area contributed by atoms with E-state index in [2.05, 4.69) is 11.0 Å². The first-order valence-electron chi connectivity index (χ1n) is 6.00. The summed E-state index contributed by atoms with van der Waals surface area (Å²) in [6.07, 6.45) is 3.70. The first kappa shape index (κ1) is 11.9. The molecule has 0 aliphatic carbocycles. The zero-order chi connectivity index (χ0) is 11.4. The second-order valence-corrected chi connectivity index (χ2v) is 4.79. The molecule has 2 N–H and O–H groups in total. The number of benzene rings is 1. The Morgan fingerprint density at radius 2 is 2.00 bits per heavy atom. The zero-order valence-electron chi connectivity index (χ0n) is 9.58. The molecule has 2 rings (SSSR count). The molecule has 0 atom stereocenters. The van der Waals surface area contributed by atoms with Crippen LogP contribution in [-0.2, 0) is 13.0 Å². The van der Waals surface area contributed by atoms with Crippen LogP contribution in [0.3, 0.4) is 0 Å². The predicted octanol–water partition coefficient (Wildman–Crippen LogP) is 2.44. The minimum Gasteiger partial charge on any atom is -0.326 e. The Bertz CT molecular complexity index is 346. The van der Waals surface area contributed by atoms with Gasteiger partial charge in [0.1, 0.15) is 0 Å². The minimum absolute atomic E-state index is 0.579. The first-order valence-corrected chi connectivity index (χ1v) is 6.38. The molecule has 1 fully saturated rings. The molecular formula is C13H19ClN2. The highest BCUT2D eigenvalue weighted by Crippen LogP contribution is 2.21. The molecule has 1 aliphatic rings. The van der Waals surface area contributed by atoms with Gasteiger partial charge in [-0.15, -0.1) is 0 Å². The van der Waals surface area contributed by atoms with Crippen LogP contribution >= 0.6 is 11.6 Å². The molecule has 0 saturated carbocycles. The summed E-state index contributed by atoms with van der Waals surface area (Å²) < 4.78 is 0. The Balaban J connectivity index is 2.01. The maximum Gasteiger partial charge on any atom is 0.0441 e. The Kier molecular flexibility index (Phi) is 4.22. The van der Waals surface area contributed by atoms with Gasteiger partial charge in [0.05, 0.1) is 0 Å². The maximum absolute atomic E-state index is 6.22. The topological polar surface area (TPSA) is 29.3 Å². The molecule has 1 aromatic carbocycles. The van der Waals surface area contributed by atoms with E-state index in [9.17, 15) is 0 Å². The van der Waals surface area contributed by atoms with Gasteiger partial charge in [0, 0.05) is 18.1 Å². The van der Waals surface area contributed by atoms with E-state index in [0.717, 1.165) is 18.0 Å². The molecule has 1 saturated heterocycles. The third-order valence-corrected chi connectivity index (χ3v) is 3.67. The van der Waals surface area contributed by atoms with Gasteiger partial charge in [0.25, 0.3) is 0 Å². The molecule has 0 radical (unpaired) electrons. The number of nitrogens with zero attached hydrogens (tertiary/aromatic N) is 1. The quantitative estimate of drug-likeness (QED) is 0.873. The third kappa shape index (κ3) is 2.76. The number of rotatable bonds is 4. The van der Waals surface area contributed by atoms with Gasteiger partial charge >= 0.3 is 0 Å². The lowest BCUT2D eigenvalue weighted by molar-refractivity contribution is 0.343. The van der Waals surface area contributed by atoms with E-state index in [1.165, 1.54) is 37.1 Å².